The summed E-state index contributed by atoms with van der Waals surface area (Å²) >= 11 is 5.72. The standard InChI is InChI=1S/C11H9ClF2N2O/c12-8-3-1-7(2-4-8)6-16-10(17)5-9(15-16)11(13)14/h1-5,11,15H,6H2. The Morgan fingerprint density at radius 3 is 2.47 bits per heavy atom. The maximum Gasteiger partial charge on any atom is 0.279 e. The van der Waals surface area contributed by atoms with E-state index in [1.54, 1.807) is 24.3 Å². The minimum absolute atomic E-state index is 0.211. The molecule has 0 fully saturated rings. The van der Waals surface area contributed by atoms with Crippen LogP contribution in [0.25, 0.3) is 0 Å². The van der Waals surface area contributed by atoms with Gasteiger partial charge in [-0.15, -0.1) is 0 Å². The van der Waals surface area contributed by atoms with Crippen LogP contribution in [0, 0.1) is 0 Å². The molecule has 3 nitrogen and oxygen atoms in total. The van der Waals surface area contributed by atoms with Crippen LogP contribution in [0.4, 0.5) is 8.78 Å². The van der Waals surface area contributed by atoms with E-state index in [9.17, 15) is 13.6 Å². The van der Waals surface area contributed by atoms with Crippen LogP contribution in [0.15, 0.2) is 35.1 Å². The second-order valence-electron chi connectivity index (χ2n) is 3.56. The number of benzene rings is 1. The molecule has 90 valence electrons. The van der Waals surface area contributed by atoms with Gasteiger partial charge in [-0.05, 0) is 17.7 Å². The lowest BCUT2D eigenvalue weighted by atomic mass is 10.2. The van der Waals surface area contributed by atoms with E-state index in [0.29, 0.717) is 5.02 Å². The van der Waals surface area contributed by atoms with Crippen LogP contribution in [-0.2, 0) is 6.54 Å². The summed E-state index contributed by atoms with van der Waals surface area (Å²) in [6.45, 7) is 0.211. The van der Waals surface area contributed by atoms with Crippen molar-refractivity contribution in [3.8, 4) is 0 Å². The van der Waals surface area contributed by atoms with Crippen LogP contribution in [-0.4, -0.2) is 9.78 Å². The third-order valence-corrected chi connectivity index (χ3v) is 2.55. The minimum Gasteiger partial charge on any atom is -0.294 e. The van der Waals surface area contributed by atoms with Gasteiger partial charge in [0.2, 0.25) is 0 Å². The molecule has 6 heteroatoms. The van der Waals surface area contributed by atoms with E-state index in [1.165, 1.54) is 0 Å². The molecular formula is C11H9ClF2N2O. The van der Waals surface area contributed by atoms with E-state index in [0.717, 1.165) is 16.3 Å². The first-order valence-electron chi connectivity index (χ1n) is 4.88. The average Bonchev–Trinajstić information content (AvgIpc) is 2.64. The first-order chi connectivity index (χ1) is 8.06. The molecule has 0 saturated carbocycles. The highest BCUT2D eigenvalue weighted by Gasteiger charge is 2.12. The Hall–Kier alpha value is -1.62. The number of hydrogen-bond acceptors (Lipinski definition) is 1. The zero-order valence-electron chi connectivity index (χ0n) is 8.66. The van der Waals surface area contributed by atoms with E-state index >= 15 is 0 Å². The largest absolute Gasteiger partial charge is 0.294 e. The highest BCUT2D eigenvalue weighted by Crippen LogP contribution is 2.14. The topological polar surface area (TPSA) is 37.8 Å². The average molecular weight is 259 g/mol. The van der Waals surface area contributed by atoms with Gasteiger partial charge in [-0.3, -0.25) is 9.89 Å². The molecule has 1 heterocycles. The predicted molar refractivity (Wildman–Crippen MR) is 60.6 cm³/mol. The van der Waals surface area contributed by atoms with Crippen molar-refractivity contribution in [1.29, 1.82) is 0 Å². The molecule has 2 rings (SSSR count). The Kier molecular flexibility index (Phi) is 3.28. The molecule has 1 aromatic carbocycles. The Bertz CT molecular complexity index is 560. The molecule has 17 heavy (non-hydrogen) atoms. The van der Waals surface area contributed by atoms with Crippen molar-refractivity contribution in [3.05, 3.63) is 57.0 Å². The number of nitrogens with one attached hydrogen (secondary N) is 1. The predicted octanol–water partition coefficient (Wildman–Crippen LogP) is 2.82. The van der Waals surface area contributed by atoms with Gasteiger partial charge in [-0.25, -0.2) is 13.5 Å². The number of H-pyrrole nitrogens is 1. The summed E-state index contributed by atoms with van der Waals surface area (Å²) in [5.41, 5.74) is -0.0432. The maximum atomic E-state index is 12.4. The Balaban J connectivity index is 2.24. The second-order valence-corrected chi connectivity index (χ2v) is 4.00. The molecule has 0 spiro atoms. The zero-order valence-corrected chi connectivity index (χ0v) is 9.42. The molecule has 0 atom stereocenters. The molecule has 1 aromatic heterocycles. The molecular weight excluding hydrogens is 250 g/mol. The molecule has 0 unspecified atom stereocenters. The van der Waals surface area contributed by atoms with Gasteiger partial charge in [-0.1, -0.05) is 23.7 Å². The van der Waals surface area contributed by atoms with E-state index in [2.05, 4.69) is 5.10 Å². The molecule has 2 aromatic rings. The van der Waals surface area contributed by atoms with Crippen molar-refractivity contribution in [2.75, 3.05) is 0 Å². The SMILES string of the molecule is O=c1cc(C(F)F)[nH]n1Cc1ccc(Cl)cc1. The van der Waals surface area contributed by atoms with E-state index < -0.39 is 12.0 Å². The van der Waals surface area contributed by atoms with Crippen molar-refractivity contribution in [2.24, 2.45) is 0 Å². The summed E-state index contributed by atoms with van der Waals surface area (Å²) in [5, 5.41) is 2.95. The smallest absolute Gasteiger partial charge is 0.279 e. The summed E-state index contributed by atoms with van der Waals surface area (Å²) < 4.78 is 25.8. The number of alkyl halides is 2. The van der Waals surface area contributed by atoms with Crippen LogP contribution in [0.2, 0.25) is 5.02 Å². The summed E-state index contributed by atoms with van der Waals surface area (Å²) in [6, 6.07) is 7.73. The number of nitrogens with zero attached hydrogens (tertiary/aromatic N) is 1. The summed E-state index contributed by atoms with van der Waals surface area (Å²) in [4.78, 5) is 11.4. The fourth-order valence-corrected chi connectivity index (χ4v) is 1.58. The number of hydrogen-bond donors (Lipinski definition) is 1. The van der Waals surface area contributed by atoms with Crippen molar-refractivity contribution < 1.29 is 8.78 Å². The van der Waals surface area contributed by atoms with E-state index in [1.807, 2.05) is 0 Å². The lowest BCUT2D eigenvalue weighted by molar-refractivity contribution is 0.145. The first-order valence-corrected chi connectivity index (χ1v) is 5.26. The molecule has 1 N–H and O–H groups in total. The van der Waals surface area contributed by atoms with Crippen LogP contribution < -0.4 is 5.56 Å². The monoisotopic (exact) mass is 258 g/mol. The highest BCUT2D eigenvalue weighted by molar-refractivity contribution is 6.30. The maximum absolute atomic E-state index is 12.4. The van der Waals surface area contributed by atoms with Crippen LogP contribution >= 0.6 is 11.6 Å². The van der Waals surface area contributed by atoms with Crippen molar-refractivity contribution in [3.63, 3.8) is 0 Å². The summed E-state index contributed by atoms with van der Waals surface area (Å²) in [6.07, 6.45) is -2.67. The highest BCUT2D eigenvalue weighted by atomic mass is 35.5. The van der Waals surface area contributed by atoms with Gasteiger partial charge in [0.25, 0.3) is 12.0 Å². The molecule has 0 aliphatic carbocycles. The number of aromatic nitrogens is 2. The van der Waals surface area contributed by atoms with Gasteiger partial charge in [-0.2, -0.15) is 0 Å². The van der Waals surface area contributed by atoms with Crippen molar-refractivity contribution in [1.82, 2.24) is 9.78 Å². The summed E-state index contributed by atoms with van der Waals surface area (Å²) in [5.74, 6) is 0. The fourth-order valence-electron chi connectivity index (χ4n) is 1.46. The molecule has 0 aliphatic heterocycles. The quantitative estimate of drug-likeness (QED) is 0.903. The zero-order chi connectivity index (χ0) is 12.4. The van der Waals surface area contributed by atoms with Crippen LogP contribution in [0.5, 0.6) is 0 Å². The second kappa shape index (κ2) is 4.71. The molecule has 0 amide bonds. The molecule has 0 aliphatic rings. The van der Waals surface area contributed by atoms with Gasteiger partial charge in [0.1, 0.15) is 5.69 Å². The molecule has 0 radical (unpaired) electrons. The number of rotatable bonds is 3. The molecule has 0 saturated heterocycles. The third kappa shape index (κ3) is 2.74. The van der Waals surface area contributed by atoms with Crippen LogP contribution in [0.1, 0.15) is 17.7 Å². The summed E-state index contributed by atoms with van der Waals surface area (Å²) in [7, 11) is 0. The third-order valence-electron chi connectivity index (χ3n) is 2.30. The number of aromatic amines is 1. The Morgan fingerprint density at radius 1 is 1.29 bits per heavy atom. The van der Waals surface area contributed by atoms with Gasteiger partial charge < -0.3 is 0 Å². The Morgan fingerprint density at radius 2 is 1.94 bits per heavy atom. The van der Waals surface area contributed by atoms with Crippen LogP contribution in [0.3, 0.4) is 0 Å². The van der Waals surface area contributed by atoms with Gasteiger partial charge in [0.15, 0.2) is 0 Å². The van der Waals surface area contributed by atoms with Crippen molar-refractivity contribution in [2.45, 2.75) is 13.0 Å². The minimum atomic E-state index is -2.67. The van der Waals surface area contributed by atoms with Crippen molar-refractivity contribution >= 4 is 11.6 Å². The van der Waals surface area contributed by atoms with Gasteiger partial charge >= 0.3 is 0 Å². The number of halogens is 3. The Labute approximate surface area is 101 Å². The lowest BCUT2D eigenvalue weighted by Gasteiger charge is -2.02. The first kappa shape index (κ1) is 11.9. The lowest BCUT2D eigenvalue weighted by Crippen LogP contribution is -2.16. The van der Waals surface area contributed by atoms with Gasteiger partial charge in [0, 0.05) is 11.1 Å². The molecule has 0 bridgehead atoms. The fraction of sp³-hybridized carbons (Fsp3) is 0.182. The normalized spacial score (nSPS) is 11.1. The van der Waals surface area contributed by atoms with Gasteiger partial charge in [0.05, 0.1) is 6.54 Å². The van der Waals surface area contributed by atoms with E-state index in [4.69, 9.17) is 11.6 Å². The van der Waals surface area contributed by atoms with E-state index in [-0.39, 0.29) is 12.2 Å².